The minimum Gasteiger partial charge on any atom is -0.497 e. The third-order valence-corrected chi connectivity index (χ3v) is 6.34. The summed E-state index contributed by atoms with van der Waals surface area (Å²) in [6, 6.07) is 26.0. The van der Waals surface area contributed by atoms with Crippen molar-refractivity contribution in [3.05, 3.63) is 102 Å². The first-order valence-electron chi connectivity index (χ1n) is 9.39. The van der Waals surface area contributed by atoms with Gasteiger partial charge >= 0.3 is 0 Å². The predicted octanol–water partition coefficient (Wildman–Crippen LogP) is 4.99. The molecule has 0 atom stereocenters. The van der Waals surface area contributed by atoms with Gasteiger partial charge in [-0.3, -0.25) is 0 Å². The summed E-state index contributed by atoms with van der Waals surface area (Å²) in [5.74, 6) is 0.624. The largest absolute Gasteiger partial charge is 0.497 e. The van der Waals surface area contributed by atoms with E-state index in [4.69, 9.17) is 4.74 Å². The highest BCUT2D eigenvalue weighted by atomic mass is 32.2. The van der Waals surface area contributed by atoms with E-state index in [0.29, 0.717) is 18.8 Å². The molecular weight excluding hydrogens is 382 g/mol. The Balaban J connectivity index is 1.92. The molecule has 0 aliphatic rings. The summed E-state index contributed by atoms with van der Waals surface area (Å²) in [6.07, 6.45) is 2.02. The van der Waals surface area contributed by atoms with Crippen molar-refractivity contribution in [1.82, 2.24) is 4.31 Å². The molecule has 0 amide bonds. The third-order valence-electron chi connectivity index (χ3n) is 4.54. The van der Waals surface area contributed by atoms with Gasteiger partial charge in [-0.25, -0.2) is 8.42 Å². The van der Waals surface area contributed by atoms with Gasteiger partial charge in [0.05, 0.1) is 12.0 Å². The minimum atomic E-state index is -3.67. The van der Waals surface area contributed by atoms with E-state index < -0.39 is 10.0 Å². The fourth-order valence-corrected chi connectivity index (χ4v) is 4.54. The van der Waals surface area contributed by atoms with Crippen molar-refractivity contribution in [2.45, 2.75) is 18.4 Å². The van der Waals surface area contributed by atoms with E-state index in [2.05, 4.69) is 0 Å². The highest BCUT2D eigenvalue weighted by Gasteiger charge is 2.25. The van der Waals surface area contributed by atoms with Crippen LogP contribution in [0.15, 0.2) is 95.4 Å². The van der Waals surface area contributed by atoms with Crippen LogP contribution in [0.3, 0.4) is 0 Å². The lowest BCUT2D eigenvalue weighted by Gasteiger charge is -2.23. The molecule has 3 rings (SSSR count). The van der Waals surface area contributed by atoms with Crippen LogP contribution in [0.5, 0.6) is 5.75 Å². The number of hydrogen-bond donors (Lipinski definition) is 0. The highest BCUT2D eigenvalue weighted by molar-refractivity contribution is 7.89. The smallest absolute Gasteiger partial charge is 0.243 e. The molecule has 0 bridgehead atoms. The molecule has 0 fully saturated rings. The van der Waals surface area contributed by atoms with Gasteiger partial charge in [-0.15, -0.1) is 0 Å². The van der Waals surface area contributed by atoms with Crippen LogP contribution in [0.1, 0.15) is 18.1 Å². The van der Waals surface area contributed by atoms with Gasteiger partial charge in [0, 0.05) is 13.1 Å². The number of nitrogens with zero attached hydrogens (tertiary/aromatic N) is 1. The number of sulfonamides is 1. The second-order valence-corrected chi connectivity index (χ2v) is 8.77. The Morgan fingerprint density at radius 2 is 1.48 bits per heavy atom. The fraction of sp³-hybridized carbons (Fsp3) is 0.167. The summed E-state index contributed by atoms with van der Waals surface area (Å²) in [4.78, 5) is 0.252. The molecule has 0 aliphatic heterocycles. The van der Waals surface area contributed by atoms with Gasteiger partial charge in [-0.1, -0.05) is 72.3 Å². The first kappa shape index (κ1) is 20.8. The first-order chi connectivity index (χ1) is 14.0. The molecule has 150 valence electrons. The quantitative estimate of drug-likeness (QED) is 0.528. The van der Waals surface area contributed by atoms with Crippen LogP contribution in [-0.2, 0) is 16.6 Å². The molecule has 0 aromatic heterocycles. The maximum Gasteiger partial charge on any atom is 0.243 e. The number of rotatable bonds is 8. The van der Waals surface area contributed by atoms with Crippen molar-refractivity contribution in [2.75, 3.05) is 13.7 Å². The second-order valence-electron chi connectivity index (χ2n) is 6.84. The Kier molecular flexibility index (Phi) is 6.86. The lowest BCUT2D eigenvalue weighted by atomic mass is 10.1. The number of ether oxygens (including phenoxy) is 1. The van der Waals surface area contributed by atoms with Crippen LogP contribution in [-0.4, -0.2) is 26.4 Å². The molecule has 0 heterocycles. The zero-order valence-corrected chi connectivity index (χ0v) is 17.5. The molecule has 0 aliphatic carbocycles. The standard InChI is InChI=1S/C24H25NO3S/c1-20(17-21-9-5-3-6-10-21)18-25(19-22-11-7-4-8-12-22)29(26,27)24-15-13-23(28-2)14-16-24/h3-17H,18-19H2,1-2H3/b20-17+. The van der Waals surface area contributed by atoms with E-state index in [0.717, 1.165) is 16.7 Å². The molecule has 29 heavy (non-hydrogen) atoms. The van der Waals surface area contributed by atoms with Gasteiger partial charge in [0.15, 0.2) is 0 Å². The van der Waals surface area contributed by atoms with Crippen molar-refractivity contribution in [1.29, 1.82) is 0 Å². The lowest BCUT2D eigenvalue weighted by molar-refractivity contribution is 0.413. The maximum absolute atomic E-state index is 13.4. The van der Waals surface area contributed by atoms with E-state index in [1.54, 1.807) is 31.4 Å². The topological polar surface area (TPSA) is 46.6 Å². The van der Waals surface area contributed by atoms with Gasteiger partial charge in [0.2, 0.25) is 10.0 Å². The average Bonchev–Trinajstić information content (AvgIpc) is 2.74. The van der Waals surface area contributed by atoms with Crippen LogP contribution in [0.2, 0.25) is 0 Å². The van der Waals surface area contributed by atoms with E-state index in [1.165, 1.54) is 4.31 Å². The molecular formula is C24H25NO3S. The molecule has 4 nitrogen and oxygen atoms in total. The highest BCUT2D eigenvalue weighted by Crippen LogP contribution is 2.23. The Morgan fingerprint density at radius 3 is 2.07 bits per heavy atom. The van der Waals surface area contributed by atoms with Crippen molar-refractivity contribution in [3.8, 4) is 5.75 Å². The molecule has 0 unspecified atom stereocenters. The van der Waals surface area contributed by atoms with E-state index >= 15 is 0 Å². The third kappa shape index (κ3) is 5.56. The Bertz CT molecular complexity index is 1040. The molecule has 0 saturated carbocycles. The Labute approximate surface area is 173 Å². The number of methoxy groups -OCH3 is 1. The van der Waals surface area contributed by atoms with Crippen LogP contribution in [0.4, 0.5) is 0 Å². The summed E-state index contributed by atoms with van der Waals surface area (Å²) >= 11 is 0. The summed E-state index contributed by atoms with van der Waals surface area (Å²) < 4.78 is 33.4. The summed E-state index contributed by atoms with van der Waals surface area (Å²) in [5.41, 5.74) is 2.95. The van der Waals surface area contributed by atoms with E-state index in [1.807, 2.05) is 73.7 Å². The molecule has 3 aromatic rings. The molecule has 0 saturated heterocycles. The fourth-order valence-electron chi connectivity index (χ4n) is 3.07. The van der Waals surface area contributed by atoms with Crippen molar-refractivity contribution < 1.29 is 13.2 Å². The Hall–Kier alpha value is -2.89. The van der Waals surface area contributed by atoms with Gasteiger partial charge in [0.1, 0.15) is 5.75 Å². The lowest BCUT2D eigenvalue weighted by Crippen LogP contribution is -2.32. The van der Waals surface area contributed by atoms with Crippen molar-refractivity contribution in [2.24, 2.45) is 0 Å². The molecule has 3 aromatic carbocycles. The van der Waals surface area contributed by atoms with Gasteiger partial charge in [-0.05, 0) is 42.3 Å². The van der Waals surface area contributed by atoms with Crippen LogP contribution >= 0.6 is 0 Å². The van der Waals surface area contributed by atoms with E-state index in [9.17, 15) is 8.42 Å². The number of benzene rings is 3. The summed E-state index contributed by atoms with van der Waals surface area (Å²) in [5, 5.41) is 0. The van der Waals surface area contributed by atoms with Crippen LogP contribution < -0.4 is 4.74 Å². The molecule has 0 radical (unpaired) electrons. The minimum absolute atomic E-state index is 0.252. The molecule has 0 spiro atoms. The zero-order valence-electron chi connectivity index (χ0n) is 16.7. The van der Waals surface area contributed by atoms with Crippen molar-refractivity contribution >= 4 is 16.1 Å². The average molecular weight is 408 g/mol. The Morgan fingerprint density at radius 1 is 0.897 bits per heavy atom. The summed E-state index contributed by atoms with van der Waals surface area (Å²) in [6.45, 7) is 2.56. The maximum atomic E-state index is 13.4. The molecule has 0 N–H and O–H groups in total. The van der Waals surface area contributed by atoms with E-state index in [-0.39, 0.29) is 4.90 Å². The van der Waals surface area contributed by atoms with Gasteiger partial charge < -0.3 is 4.74 Å². The normalized spacial score (nSPS) is 12.2. The first-order valence-corrected chi connectivity index (χ1v) is 10.8. The summed E-state index contributed by atoms with van der Waals surface area (Å²) in [7, 11) is -2.12. The second kappa shape index (κ2) is 9.54. The van der Waals surface area contributed by atoms with Gasteiger partial charge in [0.25, 0.3) is 0 Å². The SMILES string of the molecule is COc1ccc(S(=O)(=O)N(C/C(C)=C/c2ccccc2)Cc2ccccc2)cc1. The van der Waals surface area contributed by atoms with Crippen molar-refractivity contribution in [3.63, 3.8) is 0 Å². The zero-order chi connectivity index (χ0) is 20.7. The molecule has 5 heteroatoms. The predicted molar refractivity (Wildman–Crippen MR) is 117 cm³/mol. The van der Waals surface area contributed by atoms with Crippen LogP contribution in [0.25, 0.3) is 6.08 Å². The number of hydrogen-bond acceptors (Lipinski definition) is 3. The monoisotopic (exact) mass is 407 g/mol. The van der Waals surface area contributed by atoms with Crippen LogP contribution in [0, 0.1) is 0 Å². The van der Waals surface area contributed by atoms with Gasteiger partial charge in [-0.2, -0.15) is 4.31 Å².